The summed E-state index contributed by atoms with van der Waals surface area (Å²) < 4.78 is 5.40. The maximum absolute atomic E-state index is 12.5. The highest BCUT2D eigenvalue weighted by Gasteiger charge is 2.29. The summed E-state index contributed by atoms with van der Waals surface area (Å²) in [5.74, 6) is -0.679. The first kappa shape index (κ1) is 23.4. The number of hydrogen-bond acceptors (Lipinski definition) is 5. The third-order valence-corrected chi connectivity index (χ3v) is 4.57. The Balaban J connectivity index is 2.53. The van der Waals surface area contributed by atoms with E-state index in [1.165, 1.54) is 0 Å². The van der Waals surface area contributed by atoms with Gasteiger partial charge in [0.25, 0.3) is 0 Å². The third kappa shape index (κ3) is 8.39. The number of nitrogens with two attached hydrogens (primary N) is 1. The van der Waals surface area contributed by atoms with Gasteiger partial charge in [-0.15, -0.1) is 0 Å². The van der Waals surface area contributed by atoms with Gasteiger partial charge in [0.15, 0.2) is 5.96 Å². The molecule has 1 amide bonds. The van der Waals surface area contributed by atoms with Crippen molar-refractivity contribution in [2.75, 3.05) is 13.6 Å². The summed E-state index contributed by atoms with van der Waals surface area (Å²) in [5.41, 5.74) is 6.85. The predicted octanol–water partition coefficient (Wildman–Crippen LogP) is 1.11. The van der Waals surface area contributed by atoms with Gasteiger partial charge in [0.05, 0.1) is 6.04 Å². The lowest BCUT2D eigenvalue weighted by molar-refractivity contribution is -0.150. The number of benzene rings is 1. The minimum Gasteiger partial charge on any atom is -0.459 e. The molecule has 0 bridgehead atoms. The van der Waals surface area contributed by atoms with Gasteiger partial charge in [0.1, 0.15) is 12.6 Å². The Hall–Kier alpha value is -2.61. The molecular weight excluding hydrogens is 358 g/mol. The molecule has 8 heteroatoms. The van der Waals surface area contributed by atoms with E-state index in [1.54, 1.807) is 7.05 Å². The lowest BCUT2D eigenvalue weighted by Crippen LogP contribution is -2.51. The molecule has 0 spiro atoms. The molecule has 0 radical (unpaired) electrons. The number of nitrogens with one attached hydrogen (secondary N) is 4. The van der Waals surface area contributed by atoms with E-state index in [1.807, 2.05) is 44.2 Å². The number of ether oxygens (including phenoxy) is 1. The summed E-state index contributed by atoms with van der Waals surface area (Å²) in [5, 5.41) is 15.7. The van der Waals surface area contributed by atoms with Crippen molar-refractivity contribution in [2.24, 2.45) is 11.7 Å². The van der Waals surface area contributed by atoms with Crippen LogP contribution in [0.25, 0.3) is 0 Å². The predicted molar refractivity (Wildman–Crippen MR) is 110 cm³/mol. The number of rotatable bonds is 11. The van der Waals surface area contributed by atoms with Crippen LogP contribution < -0.4 is 21.7 Å². The van der Waals surface area contributed by atoms with Crippen molar-refractivity contribution >= 4 is 17.8 Å². The fourth-order valence-corrected chi connectivity index (χ4v) is 2.50. The van der Waals surface area contributed by atoms with Gasteiger partial charge >= 0.3 is 5.97 Å². The molecule has 28 heavy (non-hydrogen) atoms. The van der Waals surface area contributed by atoms with Gasteiger partial charge in [-0.1, -0.05) is 50.6 Å². The van der Waals surface area contributed by atoms with Crippen LogP contribution in [0.5, 0.6) is 0 Å². The normalized spacial score (nSPS) is 13.7. The average Bonchev–Trinajstić information content (AvgIpc) is 2.72. The van der Waals surface area contributed by atoms with E-state index in [0.717, 1.165) is 12.0 Å². The van der Waals surface area contributed by atoms with Crippen LogP contribution >= 0.6 is 0 Å². The second-order valence-electron chi connectivity index (χ2n) is 6.77. The summed E-state index contributed by atoms with van der Waals surface area (Å²) in [4.78, 5) is 24.9. The molecule has 0 aliphatic carbocycles. The molecular formula is C20H33N5O3. The minimum atomic E-state index is -0.733. The van der Waals surface area contributed by atoms with Crippen LogP contribution in [0.15, 0.2) is 30.3 Å². The van der Waals surface area contributed by atoms with Gasteiger partial charge in [0.2, 0.25) is 5.91 Å². The van der Waals surface area contributed by atoms with Crippen LogP contribution in [0.3, 0.4) is 0 Å². The standard InChI is InChI=1S/C20H33N5O3/c1-4-14(2)17(19(27)28-13-15-9-6-5-7-10-15)25-18(26)16(21)11-8-12-24-20(22)23-3/h5-7,9-10,14,16-17H,4,8,11-13,21H2,1-3H3,(H,25,26)(H3,22,23,24)/t14?,16-,17+/m1/s1. The van der Waals surface area contributed by atoms with E-state index in [-0.39, 0.29) is 24.4 Å². The maximum atomic E-state index is 12.5. The Morgan fingerprint density at radius 3 is 2.54 bits per heavy atom. The zero-order valence-electron chi connectivity index (χ0n) is 17.0. The average molecular weight is 392 g/mol. The molecule has 1 aromatic rings. The Labute approximate surface area is 167 Å². The summed E-state index contributed by atoms with van der Waals surface area (Å²) in [6.07, 6.45) is 1.80. The fraction of sp³-hybridized carbons (Fsp3) is 0.550. The van der Waals surface area contributed by atoms with Crippen molar-refractivity contribution in [2.45, 2.75) is 51.8 Å². The highest BCUT2D eigenvalue weighted by Crippen LogP contribution is 2.12. The van der Waals surface area contributed by atoms with Crippen molar-refractivity contribution < 1.29 is 14.3 Å². The van der Waals surface area contributed by atoms with Gasteiger partial charge < -0.3 is 26.4 Å². The molecule has 1 rings (SSSR count). The number of guanidine groups is 1. The first-order chi connectivity index (χ1) is 13.4. The first-order valence-electron chi connectivity index (χ1n) is 9.65. The fourth-order valence-electron chi connectivity index (χ4n) is 2.50. The van der Waals surface area contributed by atoms with E-state index < -0.39 is 18.1 Å². The molecule has 6 N–H and O–H groups in total. The number of carbonyl (C=O) groups excluding carboxylic acids is 2. The quantitative estimate of drug-likeness (QED) is 0.166. The number of amides is 1. The zero-order valence-corrected chi connectivity index (χ0v) is 17.0. The van der Waals surface area contributed by atoms with Crippen LogP contribution in [0.4, 0.5) is 0 Å². The molecule has 156 valence electrons. The summed E-state index contributed by atoms with van der Waals surface area (Å²) >= 11 is 0. The highest BCUT2D eigenvalue weighted by atomic mass is 16.5. The van der Waals surface area contributed by atoms with Crippen molar-refractivity contribution in [1.82, 2.24) is 16.0 Å². The molecule has 3 atom stereocenters. The molecule has 0 aromatic heterocycles. The van der Waals surface area contributed by atoms with Gasteiger partial charge in [-0.25, -0.2) is 4.79 Å². The first-order valence-corrected chi connectivity index (χ1v) is 9.65. The lowest BCUT2D eigenvalue weighted by atomic mass is 9.98. The third-order valence-electron chi connectivity index (χ3n) is 4.57. The molecule has 0 aliphatic rings. The molecule has 0 aliphatic heterocycles. The monoisotopic (exact) mass is 391 g/mol. The summed E-state index contributed by atoms with van der Waals surface area (Å²) in [7, 11) is 1.65. The molecule has 1 aromatic carbocycles. The largest absolute Gasteiger partial charge is 0.459 e. The Morgan fingerprint density at radius 2 is 1.93 bits per heavy atom. The maximum Gasteiger partial charge on any atom is 0.329 e. The Kier molecular flexibility index (Phi) is 10.6. The van der Waals surface area contributed by atoms with E-state index in [0.29, 0.717) is 19.4 Å². The number of carbonyl (C=O) groups is 2. The van der Waals surface area contributed by atoms with Crippen LogP contribution in [-0.4, -0.2) is 43.5 Å². The highest BCUT2D eigenvalue weighted by molar-refractivity contribution is 5.87. The second-order valence-corrected chi connectivity index (χ2v) is 6.77. The van der Waals surface area contributed by atoms with Crippen LogP contribution in [-0.2, 0) is 20.9 Å². The molecule has 1 unspecified atom stereocenters. The van der Waals surface area contributed by atoms with Crippen molar-refractivity contribution in [3.05, 3.63) is 35.9 Å². The zero-order chi connectivity index (χ0) is 20.9. The topological polar surface area (TPSA) is 129 Å². The second kappa shape index (κ2) is 12.7. The molecule has 0 heterocycles. The SMILES string of the molecule is CCC(C)[C@H](NC(=O)[C@H](N)CCCNC(=N)NC)C(=O)OCc1ccccc1. The number of hydrogen-bond donors (Lipinski definition) is 5. The van der Waals surface area contributed by atoms with E-state index >= 15 is 0 Å². The molecule has 8 nitrogen and oxygen atoms in total. The van der Waals surface area contributed by atoms with E-state index in [4.69, 9.17) is 15.9 Å². The van der Waals surface area contributed by atoms with Gasteiger partial charge in [-0.05, 0) is 24.3 Å². The Bertz CT molecular complexity index is 624. The van der Waals surface area contributed by atoms with Crippen molar-refractivity contribution in [3.8, 4) is 0 Å². The van der Waals surface area contributed by atoms with Crippen molar-refractivity contribution in [3.63, 3.8) is 0 Å². The van der Waals surface area contributed by atoms with E-state index in [9.17, 15) is 9.59 Å². The van der Waals surface area contributed by atoms with Crippen LogP contribution in [0, 0.1) is 11.3 Å². The van der Waals surface area contributed by atoms with Crippen molar-refractivity contribution in [1.29, 1.82) is 5.41 Å². The van der Waals surface area contributed by atoms with Gasteiger partial charge in [-0.3, -0.25) is 10.2 Å². The van der Waals surface area contributed by atoms with E-state index in [2.05, 4.69) is 16.0 Å². The smallest absolute Gasteiger partial charge is 0.329 e. The molecule has 0 fully saturated rings. The van der Waals surface area contributed by atoms with Crippen LogP contribution in [0.1, 0.15) is 38.7 Å². The summed E-state index contributed by atoms with van der Waals surface area (Å²) in [6.45, 7) is 4.55. The Morgan fingerprint density at radius 1 is 1.25 bits per heavy atom. The number of esters is 1. The van der Waals surface area contributed by atoms with Gasteiger partial charge in [-0.2, -0.15) is 0 Å². The van der Waals surface area contributed by atoms with Crippen LogP contribution in [0.2, 0.25) is 0 Å². The van der Waals surface area contributed by atoms with Gasteiger partial charge in [0, 0.05) is 13.6 Å². The minimum absolute atomic E-state index is 0.0720. The molecule has 0 saturated heterocycles. The molecule has 0 saturated carbocycles. The lowest BCUT2D eigenvalue weighted by Gasteiger charge is -2.24. The summed E-state index contributed by atoms with van der Waals surface area (Å²) in [6, 6.07) is 7.95.